The quantitative estimate of drug-likeness (QED) is 0.565. The molecule has 3 N–H and O–H groups in total. The van der Waals surface area contributed by atoms with Gasteiger partial charge in [0.15, 0.2) is 5.11 Å². The van der Waals surface area contributed by atoms with Crippen LogP contribution in [0.4, 0.5) is 4.39 Å². The van der Waals surface area contributed by atoms with Gasteiger partial charge in [0.05, 0.1) is 12.8 Å². The maximum absolute atomic E-state index is 14.0. The number of benzene rings is 1. The molecular weight excluding hydrogens is 383 g/mol. The third kappa shape index (κ3) is 4.84. The third-order valence-electron chi connectivity index (χ3n) is 3.14. The second-order valence-corrected chi connectivity index (χ2v) is 5.98. The van der Waals surface area contributed by atoms with Crippen molar-refractivity contribution < 1.29 is 9.13 Å². The van der Waals surface area contributed by atoms with Crippen molar-refractivity contribution in [3.8, 4) is 5.75 Å². The van der Waals surface area contributed by atoms with Gasteiger partial charge in [-0.25, -0.2) is 4.39 Å². The van der Waals surface area contributed by atoms with E-state index in [1.165, 1.54) is 6.07 Å². The highest BCUT2D eigenvalue weighted by Gasteiger charge is 2.15. The van der Waals surface area contributed by atoms with Crippen molar-refractivity contribution in [2.75, 3.05) is 13.2 Å². The summed E-state index contributed by atoms with van der Waals surface area (Å²) in [4.78, 5) is 1.94. The van der Waals surface area contributed by atoms with Crippen LogP contribution in [0.15, 0.2) is 41.4 Å². The van der Waals surface area contributed by atoms with Crippen LogP contribution in [0, 0.1) is 5.82 Å². The first-order valence-electron chi connectivity index (χ1n) is 7.08. The molecule has 0 saturated carbocycles. The van der Waals surface area contributed by atoms with Gasteiger partial charge in [-0.15, -0.1) is 0 Å². The molecule has 0 fully saturated rings. The van der Waals surface area contributed by atoms with Gasteiger partial charge in [-0.1, -0.05) is 6.07 Å². The minimum atomic E-state index is -0.256. The SMILES string of the molecule is CCOc1cccc(F)c1CCN1C=CN(NC(N)=S)C=C1Br. The molecule has 0 saturated heterocycles. The van der Waals surface area contributed by atoms with Gasteiger partial charge in [-0.05, 0) is 53.6 Å². The Kier molecular flexibility index (Phi) is 6.23. The van der Waals surface area contributed by atoms with Crippen molar-refractivity contribution in [3.05, 3.63) is 52.8 Å². The predicted molar refractivity (Wildman–Crippen MR) is 95.9 cm³/mol. The Morgan fingerprint density at radius 1 is 1.43 bits per heavy atom. The fourth-order valence-electron chi connectivity index (χ4n) is 2.14. The largest absolute Gasteiger partial charge is 0.493 e. The summed E-state index contributed by atoms with van der Waals surface area (Å²) in [6.45, 7) is 2.98. The molecule has 1 aliphatic heterocycles. The second-order valence-electron chi connectivity index (χ2n) is 4.73. The number of nitrogens with one attached hydrogen (secondary N) is 1. The molecule has 1 aliphatic rings. The Hall–Kier alpha value is -1.80. The summed E-state index contributed by atoms with van der Waals surface area (Å²) in [5, 5.41) is 1.81. The topological polar surface area (TPSA) is 53.8 Å². The van der Waals surface area contributed by atoms with E-state index < -0.39 is 0 Å². The average molecular weight is 401 g/mol. The molecule has 124 valence electrons. The van der Waals surface area contributed by atoms with E-state index in [0.717, 1.165) is 4.61 Å². The fraction of sp³-hybridized carbons (Fsp3) is 0.267. The van der Waals surface area contributed by atoms with Gasteiger partial charge in [0, 0.05) is 24.5 Å². The van der Waals surface area contributed by atoms with Crippen molar-refractivity contribution >= 4 is 33.3 Å². The second kappa shape index (κ2) is 8.16. The molecule has 0 amide bonds. The van der Waals surface area contributed by atoms with E-state index in [9.17, 15) is 4.39 Å². The molecule has 5 nitrogen and oxygen atoms in total. The number of rotatable bonds is 6. The maximum atomic E-state index is 14.0. The molecule has 0 spiro atoms. The van der Waals surface area contributed by atoms with Crippen LogP contribution in [0.25, 0.3) is 0 Å². The van der Waals surface area contributed by atoms with E-state index in [1.807, 2.05) is 18.0 Å². The minimum Gasteiger partial charge on any atom is -0.493 e. The van der Waals surface area contributed by atoms with Crippen LogP contribution >= 0.6 is 28.1 Å². The van der Waals surface area contributed by atoms with Crippen LogP contribution in [0.5, 0.6) is 5.75 Å². The Labute approximate surface area is 148 Å². The summed E-state index contributed by atoms with van der Waals surface area (Å²) in [6.07, 6.45) is 5.91. The maximum Gasteiger partial charge on any atom is 0.183 e. The minimum absolute atomic E-state index is 0.173. The Balaban J connectivity index is 2.02. The summed E-state index contributed by atoms with van der Waals surface area (Å²) in [7, 11) is 0. The van der Waals surface area contributed by atoms with Crippen LogP contribution in [-0.4, -0.2) is 28.2 Å². The number of hydrazine groups is 1. The monoisotopic (exact) mass is 400 g/mol. The van der Waals surface area contributed by atoms with Crippen molar-refractivity contribution in [2.45, 2.75) is 13.3 Å². The Morgan fingerprint density at radius 2 is 2.22 bits per heavy atom. The summed E-state index contributed by atoms with van der Waals surface area (Å²) >= 11 is 8.26. The van der Waals surface area contributed by atoms with Crippen LogP contribution in [0.3, 0.4) is 0 Å². The molecule has 2 rings (SSSR count). The van der Waals surface area contributed by atoms with Crippen molar-refractivity contribution in [3.63, 3.8) is 0 Å². The first kappa shape index (κ1) is 17.6. The lowest BCUT2D eigenvalue weighted by molar-refractivity contribution is 0.331. The lowest BCUT2D eigenvalue weighted by Crippen LogP contribution is -2.40. The normalized spacial score (nSPS) is 13.8. The van der Waals surface area contributed by atoms with E-state index in [1.54, 1.807) is 29.5 Å². The van der Waals surface area contributed by atoms with Gasteiger partial charge in [-0.2, -0.15) is 0 Å². The standard InChI is InChI=1S/C15H18BrFN4OS/c1-2-22-13-5-3-4-12(17)11(13)6-7-20-8-9-21(10-14(20)16)19-15(18)23/h3-5,8-10H,2,6-7H2,1H3,(H3,18,19,23). The highest BCUT2D eigenvalue weighted by atomic mass is 79.9. The third-order valence-corrected chi connectivity index (χ3v) is 3.90. The molecule has 0 radical (unpaired) electrons. The van der Waals surface area contributed by atoms with Crippen LogP contribution in [0.1, 0.15) is 12.5 Å². The first-order valence-corrected chi connectivity index (χ1v) is 8.28. The molecule has 0 atom stereocenters. The molecule has 8 heteroatoms. The number of thiocarbonyl (C=S) groups is 1. The van der Waals surface area contributed by atoms with Crippen molar-refractivity contribution in [1.29, 1.82) is 0 Å². The van der Waals surface area contributed by atoms with Gasteiger partial charge in [0.1, 0.15) is 16.2 Å². The van der Waals surface area contributed by atoms with E-state index in [4.69, 9.17) is 22.7 Å². The van der Waals surface area contributed by atoms with Crippen molar-refractivity contribution in [1.82, 2.24) is 15.3 Å². The number of hydrogen-bond donors (Lipinski definition) is 2. The number of nitrogens with two attached hydrogens (primary N) is 1. The van der Waals surface area contributed by atoms with Crippen molar-refractivity contribution in [2.24, 2.45) is 5.73 Å². The lowest BCUT2D eigenvalue weighted by Gasteiger charge is -2.28. The molecule has 0 bridgehead atoms. The summed E-state index contributed by atoms with van der Waals surface area (Å²) in [5.74, 6) is 0.333. The highest BCUT2D eigenvalue weighted by molar-refractivity contribution is 9.11. The Bertz CT molecular complexity index is 638. The number of ether oxygens (including phenoxy) is 1. The fourth-order valence-corrected chi connectivity index (χ4v) is 2.76. The number of nitrogens with zero attached hydrogens (tertiary/aromatic N) is 2. The van der Waals surface area contributed by atoms with E-state index in [-0.39, 0.29) is 10.9 Å². The van der Waals surface area contributed by atoms with Gasteiger partial charge >= 0.3 is 0 Å². The summed E-state index contributed by atoms with van der Waals surface area (Å²) in [5.41, 5.74) is 8.79. The van der Waals surface area contributed by atoms with E-state index >= 15 is 0 Å². The zero-order valence-electron chi connectivity index (χ0n) is 12.6. The van der Waals surface area contributed by atoms with E-state index in [2.05, 4.69) is 21.4 Å². The highest BCUT2D eigenvalue weighted by Crippen LogP contribution is 2.24. The molecule has 0 unspecified atom stereocenters. The molecule has 0 aliphatic carbocycles. The van der Waals surface area contributed by atoms with Crippen LogP contribution in [0.2, 0.25) is 0 Å². The zero-order chi connectivity index (χ0) is 16.8. The first-order chi connectivity index (χ1) is 11.0. The molecule has 23 heavy (non-hydrogen) atoms. The smallest absolute Gasteiger partial charge is 0.183 e. The van der Waals surface area contributed by atoms with Crippen LogP contribution in [-0.2, 0) is 6.42 Å². The van der Waals surface area contributed by atoms with Gasteiger partial charge < -0.3 is 15.4 Å². The van der Waals surface area contributed by atoms with Gasteiger partial charge in [-0.3, -0.25) is 10.4 Å². The molecule has 1 aromatic rings. The molecule has 0 aromatic heterocycles. The Morgan fingerprint density at radius 3 is 2.87 bits per heavy atom. The molecular formula is C15H18BrFN4OS. The van der Waals surface area contributed by atoms with E-state index in [0.29, 0.717) is 30.9 Å². The summed E-state index contributed by atoms with van der Waals surface area (Å²) in [6, 6.07) is 4.88. The number of halogens is 2. The molecule has 1 heterocycles. The predicted octanol–water partition coefficient (Wildman–Crippen LogP) is 2.80. The lowest BCUT2D eigenvalue weighted by atomic mass is 10.1. The number of hydrogen-bond acceptors (Lipinski definition) is 4. The molecule has 1 aromatic carbocycles. The zero-order valence-corrected chi connectivity index (χ0v) is 15.0. The van der Waals surface area contributed by atoms with Gasteiger partial charge in [0.25, 0.3) is 0 Å². The summed E-state index contributed by atoms with van der Waals surface area (Å²) < 4.78 is 20.3. The van der Waals surface area contributed by atoms with Crippen LogP contribution < -0.4 is 15.9 Å². The van der Waals surface area contributed by atoms with Gasteiger partial charge in [0.2, 0.25) is 0 Å². The average Bonchev–Trinajstić information content (AvgIpc) is 2.48.